The zero-order chi connectivity index (χ0) is 27.1. The maximum Gasteiger partial charge on any atom is 0.291 e. The van der Waals surface area contributed by atoms with Gasteiger partial charge in [0.25, 0.3) is 5.92 Å². The minimum absolute atomic E-state index is 0.0511. The van der Waals surface area contributed by atoms with Gasteiger partial charge < -0.3 is 19.9 Å². The van der Waals surface area contributed by atoms with Crippen LogP contribution in [0.3, 0.4) is 0 Å². The molecular formula is C26H40F2N6O3. The third-order valence-corrected chi connectivity index (χ3v) is 7.93. The van der Waals surface area contributed by atoms with Gasteiger partial charge in [-0.2, -0.15) is 13.9 Å². The van der Waals surface area contributed by atoms with Crippen molar-refractivity contribution in [2.45, 2.75) is 90.0 Å². The number of nitrogens with zero attached hydrogens (tertiary/aromatic N) is 5. The molecule has 1 aromatic heterocycles. The quantitative estimate of drug-likeness (QED) is 0.588. The molecular weight excluding hydrogens is 482 g/mol. The summed E-state index contributed by atoms with van der Waals surface area (Å²) in [6.07, 6.45) is -0.0752. The highest BCUT2D eigenvalue weighted by Gasteiger charge is 2.44. The number of aromatic nitrogens is 2. The van der Waals surface area contributed by atoms with Crippen molar-refractivity contribution in [1.29, 1.82) is 0 Å². The normalized spacial score (nSPS) is 28.5. The van der Waals surface area contributed by atoms with Crippen LogP contribution in [0, 0.1) is 0 Å². The van der Waals surface area contributed by atoms with Crippen LogP contribution in [0.5, 0.6) is 0 Å². The summed E-state index contributed by atoms with van der Waals surface area (Å²) in [7, 11) is 0. The first kappa shape index (κ1) is 27.8. The molecule has 9 nitrogen and oxygen atoms in total. The molecule has 0 aromatic carbocycles. The Bertz CT molecular complexity index is 1020. The molecule has 2 saturated heterocycles. The van der Waals surface area contributed by atoms with Gasteiger partial charge in [-0.1, -0.05) is 27.2 Å². The second kappa shape index (κ2) is 10.5. The standard InChI is InChI=1S/C26H40F2N6O3/c1-7-8-26(27,28)21-9-20-24(31-30-21)25(5,6)15-34(20)22(35)13-32-11-16(2)29-10-19(32)12-33-17(3)18(4)37-14-23(33)36/h9,16-19,29H,7-8,10-15H2,1-6H3/t16?,17?,18?,19-/m1/s1. The number of morpholine rings is 1. The van der Waals surface area contributed by atoms with E-state index in [2.05, 4.69) is 27.3 Å². The maximum atomic E-state index is 14.7. The molecule has 4 rings (SSSR count). The molecule has 3 unspecified atom stereocenters. The molecule has 206 valence electrons. The third-order valence-electron chi connectivity index (χ3n) is 7.93. The van der Waals surface area contributed by atoms with E-state index in [1.807, 2.05) is 32.6 Å². The van der Waals surface area contributed by atoms with Crippen LogP contribution >= 0.6 is 0 Å². The third kappa shape index (κ3) is 5.63. The van der Waals surface area contributed by atoms with Crippen LogP contribution in [-0.4, -0.2) is 95.4 Å². The van der Waals surface area contributed by atoms with Crippen molar-refractivity contribution in [3.05, 3.63) is 17.5 Å². The van der Waals surface area contributed by atoms with Crippen LogP contribution < -0.4 is 10.2 Å². The number of carbonyl (C=O) groups excluding carboxylic acids is 2. The predicted molar refractivity (Wildman–Crippen MR) is 136 cm³/mol. The summed E-state index contributed by atoms with van der Waals surface area (Å²) in [5.74, 6) is -3.32. The minimum atomic E-state index is -3.10. The Morgan fingerprint density at radius 1 is 1.27 bits per heavy atom. The van der Waals surface area contributed by atoms with E-state index in [1.165, 1.54) is 6.07 Å². The Morgan fingerprint density at radius 3 is 2.70 bits per heavy atom. The number of ether oxygens (including phenoxy) is 1. The molecule has 0 radical (unpaired) electrons. The number of halogens is 2. The van der Waals surface area contributed by atoms with Crippen molar-refractivity contribution in [3.63, 3.8) is 0 Å². The molecule has 0 spiro atoms. The second-order valence-electron chi connectivity index (χ2n) is 11.5. The van der Waals surface area contributed by atoms with Crippen LogP contribution in [0.25, 0.3) is 0 Å². The van der Waals surface area contributed by atoms with Gasteiger partial charge in [0.2, 0.25) is 11.8 Å². The number of piperazine rings is 1. The van der Waals surface area contributed by atoms with E-state index >= 15 is 0 Å². The Kier molecular flexibility index (Phi) is 7.88. The zero-order valence-corrected chi connectivity index (χ0v) is 22.8. The van der Waals surface area contributed by atoms with E-state index in [1.54, 1.807) is 11.8 Å². The van der Waals surface area contributed by atoms with Crippen LogP contribution in [0.1, 0.15) is 65.8 Å². The first-order valence-corrected chi connectivity index (χ1v) is 13.3. The number of hydrogen-bond acceptors (Lipinski definition) is 7. The van der Waals surface area contributed by atoms with Gasteiger partial charge in [-0.15, -0.1) is 5.10 Å². The average Bonchev–Trinajstić information content (AvgIpc) is 3.11. The van der Waals surface area contributed by atoms with Crippen molar-refractivity contribution in [2.75, 3.05) is 44.2 Å². The fraction of sp³-hybridized carbons (Fsp3) is 0.769. The lowest BCUT2D eigenvalue weighted by molar-refractivity contribution is -0.156. The first-order valence-electron chi connectivity index (χ1n) is 13.3. The summed E-state index contributed by atoms with van der Waals surface area (Å²) in [6, 6.07) is 1.39. The van der Waals surface area contributed by atoms with Gasteiger partial charge in [-0.25, -0.2) is 0 Å². The molecule has 4 atom stereocenters. The molecule has 37 heavy (non-hydrogen) atoms. The Hall–Kier alpha value is -2.24. The molecule has 3 aliphatic rings. The highest BCUT2D eigenvalue weighted by atomic mass is 19.3. The Balaban J connectivity index is 1.55. The molecule has 2 fully saturated rings. The second-order valence-corrected chi connectivity index (χ2v) is 11.5. The van der Waals surface area contributed by atoms with Gasteiger partial charge in [-0.3, -0.25) is 14.5 Å². The number of fused-ring (bicyclic) bond motifs is 1. The summed E-state index contributed by atoms with van der Waals surface area (Å²) in [6.45, 7) is 13.9. The van der Waals surface area contributed by atoms with Crippen molar-refractivity contribution in [2.24, 2.45) is 0 Å². The fourth-order valence-electron chi connectivity index (χ4n) is 5.53. The number of carbonyl (C=O) groups is 2. The van der Waals surface area contributed by atoms with Gasteiger partial charge in [0.15, 0.2) is 0 Å². The van der Waals surface area contributed by atoms with Crippen molar-refractivity contribution in [3.8, 4) is 0 Å². The van der Waals surface area contributed by atoms with Crippen molar-refractivity contribution >= 4 is 17.5 Å². The largest absolute Gasteiger partial charge is 0.367 e. The van der Waals surface area contributed by atoms with E-state index in [4.69, 9.17) is 4.74 Å². The summed E-state index contributed by atoms with van der Waals surface area (Å²) < 4.78 is 34.9. The number of alkyl halides is 2. The van der Waals surface area contributed by atoms with Gasteiger partial charge in [-0.05, 0) is 26.8 Å². The molecule has 1 N–H and O–H groups in total. The van der Waals surface area contributed by atoms with Gasteiger partial charge in [0, 0.05) is 50.1 Å². The highest BCUT2D eigenvalue weighted by molar-refractivity contribution is 5.97. The monoisotopic (exact) mass is 522 g/mol. The van der Waals surface area contributed by atoms with E-state index in [-0.39, 0.29) is 55.6 Å². The van der Waals surface area contributed by atoms with Gasteiger partial charge in [0.1, 0.15) is 12.3 Å². The van der Waals surface area contributed by atoms with E-state index < -0.39 is 17.0 Å². The molecule has 1 aromatic rings. The smallest absolute Gasteiger partial charge is 0.291 e. The number of amides is 2. The van der Waals surface area contributed by atoms with Crippen LogP contribution in [0.2, 0.25) is 0 Å². The minimum Gasteiger partial charge on any atom is -0.367 e. The summed E-state index contributed by atoms with van der Waals surface area (Å²) in [5.41, 5.74) is 0.0785. The Labute approximate surface area is 217 Å². The molecule has 0 bridgehead atoms. The molecule has 11 heteroatoms. The number of anilines is 1. The van der Waals surface area contributed by atoms with Crippen molar-refractivity contribution in [1.82, 2.24) is 25.3 Å². The number of nitrogens with one attached hydrogen (secondary N) is 1. The average molecular weight is 523 g/mol. The number of rotatable bonds is 7. The topological polar surface area (TPSA) is 90.9 Å². The molecule has 3 aliphatic heterocycles. The summed E-state index contributed by atoms with van der Waals surface area (Å²) >= 11 is 0. The van der Waals surface area contributed by atoms with E-state index in [0.717, 1.165) is 0 Å². The van der Waals surface area contributed by atoms with E-state index in [0.29, 0.717) is 44.0 Å². The van der Waals surface area contributed by atoms with E-state index in [9.17, 15) is 18.4 Å². The number of hydrogen-bond donors (Lipinski definition) is 1. The van der Waals surface area contributed by atoms with Gasteiger partial charge in [0.05, 0.1) is 30.1 Å². The Morgan fingerprint density at radius 2 is 2.00 bits per heavy atom. The summed E-state index contributed by atoms with van der Waals surface area (Å²) in [5, 5.41) is 11.5. The highest BCUT2D eigenvalue weighted by Crippen LogP contribution is 2.42. The first-order chi connectivity index (χ1) is 17.3. The van der Waals surface area contributed by atoms with Crippen molar-refractivity contribution < 1.29 is 23.1 Å². The summed E-state index contributed by atoms with van der Waals surface area (Å²) in [4.78, 5) is 31.9. The van der Waals surface area contributed by atoms with Crippen LogP contribution in [0.4, 0.5) is 14.5 Å². The maximum absolute atomic E-state index is 14.7. The predicted octanol–water partition coefficient (Wildman–Crippen LogP) is 2.29. The molecule has 0 aliphatic carbocycles. The SMILES string of the molecule is CCCC(F)(F)c1cc2c(nn1)C(C)(C)CN2C(=O)CN1CC(C)NC[C@@H]1CN1C(=O)COC(C)C1C. The fourth-order valence-corrected chi connectivity index (χ4v) is 5.53. The lowest BCUT2D eigenvalue weighted by Gasteiger charge is -2.45. The lowest BCUT2D eigenvalue weighted by atomic mass is 9.91. The zero-order valence-electron chi connectivity index (χ0n) is 22.8. The molecule has 2 amide bonds. The van der Waals surface area contributed by atoms with Crippen LogP contribution in [-0.2, 0) is 25.7 Å². The molecule has 0 saturated carbocycles. The van der Waals surface area contributed by atoms with Gasteiger partial charge >= 0.3 is 0 Å². The molecule has 4 heterocycles. The lowest BCUT2D eigenvalue weighted by Crippen LogP contribution is -2.63. The van der Waals surface area contributed by atoms with Crippen LogP contribution in [0.15, 0.2) is 6.07 Å².